The summed E-state index contributed by atoms with van der Waals surface area (Å²) in [4.78, 5) is 6.40. The van der Waals surface area contributed by atoms with Crippen LogP contribution in [0.1, 0.15) is 0 Å². The maximum atomic E-state index is 4.15. The van der Waals surface area contributed by atoms with Gasteiger partial charge in [0.1, 0.15) is 6.33 Å². The van der Waals surface area contributed by atoms with Crippen LogP contribution in [0.5, 0.6) is 0 Å². The number of anilines is 1. The van der Waals surface area contributed by atoms with E-state index in [1.165, 1.54) is 11.5 Å². The molecule has 1 saturated heterocycles. The van der Waals surface area contributed by atoms with Crippen LogP contribution in [0.25, 0.3) is 0 Å². The Balaban J connectivity index is 0.000000720. The molecule has 76 valence electrons. The molecule has 0 radical (unpaired) electrons. The lowest BCUT2D eigenvalue weighted by atomic mass is 10.4. The molecule has 0 bridgehead atoms. The van der Waals surface area contributed by atoms with Gasteiger partial charge in [0.25, 0.3) is 0 Å². The lowest BCUT2D eigenvalue weighted by Crippen LogP contribution is -2.43. The van der Waals surface area contributed by atoms with Gasteiger partial charge in [0.05, 0.1) is 0 Å². The van der Waals surface area contributed by atoms with Gasteiger partial charge in [-0.15, -0.1) is 24.8 Å². The molecule has 0 atom stereocenters. The predicted octanol–water partition coefficient (Wildman–Crippen LogP) is 0.791. The Bertz CT molecular complexity index is 212. The van der Waals surface area contributed by atoms with Crippen molar-refractivity contribution < 1.29 is 0 Å². The molecule has 1 aliphatic heterocycles. The molecular weight excluding hydrogens is 231 g/mol. The monoisotopic (exact) mass is 242 g/mol. The molecular formula is C6H12Cl2N4S. The Morgan fingerprint density at radius 2 is 2.00 bits per heavy atom. The van der Waals surface area contributed by atoms with Crippen LogP contribution in [0.2, 0.25) is 0 Å². The maximum Gasteiger partial charge on any atom is 0.205 e. The second kappa shape index (κ2) is 6.37. The SMILES string of the molecule is Cl.Cl.c1nsc(N2CCNCC2)n1. The van der Waals surface area contributed by atoms with E-state index in [1.807, 2.05) is 0 Å². The topological polar surface area (TPSA) is 41.1 Å². The zero-order valence-electron chi connectivity index (χ0n) is 6.97. The molecule has 1 aromatic rings. The van der Waals surface area contributed by atoms with Crippen LogP contribution in [0.3, 0.4) is 0 Å². The lowest BCUT2D eigenvalue weighted by Gasteiger charge is -2.26. The number of hydrogen-bond acceptors (Lipinski definition) is 5. The number of piperazine rings is 1. The summed E-state index contributed by atoms with van der Waals surface area (Å²) < 4.78 is 3.97. The van der Waals surface area contributed by atoms with Crippen LogP contribution < -0.4 is 10.2 Å². The highest BCUT2D eigenvalue weighted by molar-refractivity contribution is 7.09. The number of rotatable bonds is 1. The summed E-state index contributed by atoms with van der Waals surface area (Å²) in [6.07, 6.45) is 1.61. The second-order valence-electron chi connectivity index (χ2n) is 2.46. The van der Waals surface area contributed by atoms with E-state index in [1.54, 1.807) is 6.33 Å². The first kappa shape index (κ1) is 12.9. The van der Waals surface area contributed by atoms with Gasteiger partial charge in [-0.3, -0.25) is 0 Å². The average Bonchev–Trinajstić information content (AvgIpc) is 2.58. The van der Waals surface area contributed by atoms with Crippen molar-refractivity contribution in [2.24, 2.45) is 0 Å². The molecule has 0 saturated carbocycles. The summed E-state index contributed by atoms with van der Waals surface area (Å²) in [5, 5.41) is 4.34. The first-order valence-corrected chi connectivity index (χ1v) is 4.46. The second-order valence-corrected chi connectivity index (χ2v) is 3.22. The third-order valence-electron chi connectivity index (χ3n) is 1.74. The molecule has 0 aromatic carbocycles. The number of nitrogens with one attached hydrogen (secondary N) is 1. The molecule has 1 aromatic heterocycles. The van der Waals surface area contributed by atoms with Crippen molar-refractivity contribution in [3.8, 4) is 0 Å². The van der Waals surface area contributed by atoms with Gasteiger partial charge < -0.3 is 10.2 Å². The third kappa shape index (κ3) is 3.27. The van der Waals surface area contributed by atoms with E-state index in [-0.39, 0.29) is 24.8 Å². The van der Waals surface area contributed by atoms with Gasteiger partial charge in [-0.05, 0) is 0 Å². The summed E-state index contributed by atoms with van der Waals surface area (Å²) in [5.41, 5.74) is 0. The minimum absolute atomic E-state index is 0. The molecule has 0 spiro atoms. The minimum Gasteiger partial charge on any atom is -0.344 e. The van der Waals surface area contributed by atoms with E-state index in [4.69, 9.17) is 0 Å². The number of hydrogen-bond donors (Lipinski definition) is 1. The van der Waals surface area contributed by atoms with E-state index >= 15 is 0 Å². The fraction of sp³-hybridized carbons (Fsp3) is 0.667. The van der Waals surface area contributed by atoms with Crippen LogP contribution in [0.15, 0.2) is 6.33 Å². The third-order valence-corrected chi connectivity index (χ3v) is 2.46. The summed E-state index contributed by atoms with van der Waals surface area (Å²) in [5.74, 6) is 0. The molecule has 0 amide bonds. The largest absolute Gasteiger partial charge is 0.344 e. The first-order chi connectivity index (χ1) is 5.47. The van der Waals surface area contributed by atoms with Crippen LogP contribution in [-0.4, -0.2) is 35.5 Å². The molecule has 1 fully saturated rings. The van der Waals surface area contributed by atoms with Gasteiger partial charge in [-0.25, -0.2) is 4.98 Å². The van der Waals surface area contributed by atoms with Crippen molar-refractivity contribution in [1.29, 1.82) is 0 Å². The van der Waals surface area contributed by atoms with Gasteiger partial charge in [0.2, 0.25) is 5.13 Å². The fourth-order valence-electron chi connectivity index (χ4n) is 1.16. The Hall–Kier alpha value is -0.100. The molecule has 4 nitrogen and oxygen atoms in total. The summed E-state index contributed by atoms with van der Waals surface area (Å²) in [6.45, 7) is 4.21. The van der Waals surface area contributed by atoms with E-state index in [0.717, 1.165) is 31.3 Å². The smallest absolute Gasteiger partial charge is 0.205 e. The Morgan fingerprint density at radius 3 is 2.54 bits per heavy atom. The van der Waals surface area contributed by atoms with Crippen LogP contribution >= 0.6 is 36.3 Å². The average molecular weight is 243 g/mol. The van der Waals surface area contributed by atoms with E-state index in [0.29, 0.717) is 0 Å². The van der Waals surface area contributed by atoms with Gasteiger partial charge >= 0.3 is 0 Å². The van der Waals surface area contributed by atoms with Crippen molar-refractivity contribution in [3.05, 3.63) is 6.33 Å². The Kier molecular flexibility index (Phi) is 6.32. The van der Waals surface area contributed by atoms with Crippen molar-refractivity contribution in [2.75, 3.05) is 31.1 Å². The Labute approximate surface area is 93.7 Å². The van der Waals surface area contributed by atoms with Crippen molar-refractivity contribution >= 4 is 41.5 Å². The maximum absolute atomic E-state index is 4.15. The van der Waals surface area contributed by atoms with Crippen molar-refractivity contribution in [1.82, 2.24) is 14.7 Å². The minimum atomic E-state index is 0. The number of aromatic nitrogens is 2. The normalized spacial score (nSPS) is 15.8. The van der Waals surface area contributed by atoms with Gasteiger partial charge in [0, 0.05) is 37.7 Å². The molecule has 7 heteroatoms. The quantitative estimate of drug-likeness (QED) is 0.791. The highest BCUT2D eigenvalue weighted by Gasteiger charge is 2.11. The van der Waals surface area contributed by atoms with E-state index in [9.17, 15) is 0 Å². The highest BCUT2D eigenvalue weighted by Crippen LogP contribution is 2.14. The zero-order valence-corrected chi connectivity index (χ0v) is 9.42. The van der Waals surface area contributed by atoms with E-state index in [2.05, 4.69) is 19.6 Å². The van der Waals surface area contributed by atoms with Gasteiger partial charge in [-0.1, -0.05) is 0 Å². The first-order valence-electron chi connectivity index (χ1n) is 3.69. The number of halogens is 2. The highest BCUT2D eigenvalue weighted by atomic mass is 35.5. The molecule has 2 heterocycles. The standard InChI is InChI=1S/C6H10N4S.2ClH/c1-3-10(4-2-7-1)6-8-5-9-11-6;;/h5,7H,1-4H2;2*1H. The molecule has 0 unspecified atom stereocenters. The summed E-state index contributed by atoms with van der Waals surface area (Å²) >= 11 is 1.47. The molecule has 0 aliphatic carbocycles. The van der Waals surface area contributed by atoms with Crippen LogP contribution in [0.4, 0.5) is 5.13 Å². The fourth-order valence-corrected chi connectivity index (χ4v) is 1.74. The van der Waals surface area contributed by atoms with Gasteiger partial charge in [-0.2, -0.15) is 4.37 Å². The molecule has 13 heavy (non-hydrogen) atoms. The van der Waals surface area contributed by atoms with Crippen LogP contribution in [-0.2, 0) is 0 Å². The lowest BCUT2D eigenvalue weighted by molar-refractivity contribution is 0.588. The van der Waals surface area contributed by atoms with E-state index < -0.39 is 0 Å². The molecule has 1 aliphatic rings. The van der Waals surface area contributed by atoms with Crippen LogP contribution in [0, 0.1) is 0 Å². The number of nitrogens with zero attached hydrogens (tertiary/aromatic N) is 3. The van der Waals surface area contributed by atoms with Crippen molar-refractivity contribution in [3.63, 3.8) is 0 Å². The summed E-state index contributed by atoms with van der Waals surface area (Å²) in [7, 11) is 0. The predicted molar refractivity (Wildman–Crippen MR) is 59.5 cm³/mol. The Morgan fingerprint density at radius 1 is 1.31 bits per heavy atom. The summed E-state index contributed by atoms with van der Waals surface area (Å²) in [6, 6.07) is 0. The molecule has 1 N–H and O–H groups in total. The zero-order chi connectivity index (χ0) is 7.52. The van der Waals surface area contributed by atoms with Crippen molar-refractivity contribution in [2.45, 2.75) is 0 Å². The van der Waals surface area contributed by atoms with Gasteiger partial charge in [0.15, 0.2) is 0 Å². The molecule has 2 rings (SSSR count).